The number of rotatable bonds is 2. The molecule has 1 aliphatic heterocycles. The third kappa shape index (κ3) is 2.87. The Labute approximate surface area is 186 Å². The average molecular weight is 418 g/mol. The second-order valence-corrected chi connectivity index (χ2v) is 8.53. The van der Waals surface area contributed by atoms with E-state index in [-0.39, 0.29) is 11.6 Å². The van der Waals surface area contributed by atoms with E-state index >= 15 is 0 Å². The summed E-state index contributed by atoms with van der Waals surface area (Å²) < 4.78 is 0. The third-order valence-electron chi connectivity index (χ3n) is 6.61. The number of anilines is 1. The van der Waals surface area contributed by atoms with Crippen molar-refractivity contribution in [1.82, 2.24) is 4.98 Å². The molecule has 156 valence electrons. The predicted octanol–water partition coefficient (Wildman–Crippen LogP) is 5.67. The van der Waals surface area contributed by atoms with Crippen LogP contribution in [0.25, 0.3) is 22.2 Å². The monoisotopic (exact) mass is 418 g/mol. The lowest BCUT2D eigenvalue weighted by atomic mass is 9.82. The summed E-state index contributed by atoms with van der Waals surface area (Å²) in [5, 5.41) is 0.936. The Bertz CT molecular complexity index is 1390. The molecule has 2 aliphatic rings. The number of hydrogen-bond donors (Lipinski definition) is 0. The molecule has 4 nitrogen and oxygen atoms in total. The van der Waals surface area contributed by atoms with Gasteiger partial charge in [0.1, 0.15) is 0 Å². The van der Waals surface area contributed by atoms with Gasteiger partial charge in [-0.2, -0.15) is 0 Å². The van der Waals surface area contributed by atoms with E-state index in [0.29, 0.717) is 27.8 Å². The maximum Gasteiger partial charge on any atom is 0.196 e. The number of hydrogen-bond acceptors (Lipinski definition) is 4. The van der Waals surface area contributed by atoms with Gasteiger partial charge in [0.25, 0.3) is 0 Å². The SMILES string of the molecule is O=C1c2ccccc2C(=O)c2c1ccc1c(N3CCCCC3)cc(-c3ccccc3)nc21. The molecule has 0 atom stereocenters. The van der Waals surface area contributed by atoms with Crippen LogP contribution in [0.4, 0.5) is 5.69 Å². The second-order valence-electron chi connectivity index (χ2n) is 8.53. The number of benzene rings is 3. The molecule has 0 spiro atoms. The lowest BCUT2D eigenvalue weighted by Crippen LogP contribution is -2.30. The molecule has 2 heterocycles. The van der Waals surface area contributed by atoms with Gasteiger partial charge in [-0.15, -0.1) is 0 Å². The Hall–Kier alpha value is -3.79. The van der Waals surface area contributed by atoms with Crippen LogP contribution in [0.1, 0.15) is 51.1 Å². The standard InChI is InChI=1S/C28H22N2O2/c31-27-19-11-5-6-12-20(19)28(32)25-22(27)14-13-21-24(30-15-7-2-8-16-30)17-23(29-26(21)25)18-9-3-1-4-10-18/h1,3-6,9-14,17H,2,7-8,15-16H2. The fourth-order valence-corrected chi connectivity index (χ4v) is 5.01. The van der Waals surface area contributed by atoms with E-state index in [2.05, 4.69) is 11.0 Å². The molecule has 0 radical (unpaired) electrons. The predicted molar refractivity (Wildman–Crippen MR) is 127 cm³/mol. The van der Waals surface area contributed by atoms with Crippen molar-refractivity contribution in [3.05, 3.63) is 95.1 Å². The van der Waals surface area contributed by atoms with Gasteiger partial charge in [0.15, 0.2) is 11.6 Å². The van der Waals surface area contributed by atoms with Crippen molar-refractivity contribution in [3.8, 4) is 11.3 Å². The number of nitrogens with zero attached hydrogens (tertiary/aromatic N) is 2. The lowest BCUT2D eigenvalue weighted by molar-refractivity contribution is 0.0980. The van der Waals surface area contributed by atoms with Gasteiger partial charge in [0.05, 0.1) is 16.8 Å². The number of ketones is 2. The zero-order valence-electron chi connectivity index (χ0n) is 17.7. The Morgan fingerprint density at radius 3 is 2.12 bits per heavy atom. The Balaban J connectivity index is 1.66. The van der Waals surface area contributed by atoms with E-state index in [1.807, 2.05) is 48.5 Å². The van der Waals surface area contributed by atoms with Crippen LogP contribution in [-0.2, 0) is 0 Å². The van der Waals surface area contributed by atoms with Crippen molar-refractivity contribution in [3.63, 3.8) is 0 Å². The molecule has 32 heavy (non-hydrogen) atoms. The zero-order valence-corrected chi connectivity index (χ0v) is 17.7. The molecular formula is C28H22N2O2. The zero-order chi connectivity index (χ0) is 21.7. The van der Waals surface area contributed by atoms with Crippen molar-refractivity contribution in [2.75, 3.05) is 18.0 Å². The summed E-state index contributed by atoms with van der Waals surface area (Å²) in [5.41, 5.74) is 5.36. The molecule has 0 saturated carbocycles. The first-order chi connectivity index (χ1) is 15.7. The fourth-order valence-electron chi connectivity index (χ4n) is 5.01. The Morgan fingerprint density at radius 2 is 1.38 bits per heavy atom. The van der Waals surface area contributed by atoms with Crippen molar-refractivity contribution in [2.45, 2.75) is 19.3 Å². The summed E-state index contributed by atoms with van der Waals surface area (Å²) in [4.78, 5) is 34.2. The number of pyridine rings is 1. The van der Waals surface area contributed by atoms with Crippen LogP contribution in [0.3, 0.4) is 0 Å². The minimum Gasteiger partial charge on any atom is -0.371 e. The molecule has 4 aromatic rings. The van der Waals surface area contributed by atoms with E-state index in [1.165, 1.54) is 6.42 Å². The van der Waals surface area contributed by atoms with Gasteiger partial charge in [0.2, 0.25) is 0 Å². The number of aromatic nitrogens is 1. The molecule has 0 N–H and O–H groups in total. The highest BCUT2D eigenvalue weighted by Crippen LogP contribution is 2.38. The molecule has 0 bridgehead atoms. The first kappa shape index (κ1) is 18.9. The van der Waals surface area contributed by atoms with Crippen LogP contribution >= 0.6 is 0 Å². The highest BCUT2D eigenvalue weighted by Gasteiger charge is 2.32. The first-order valence-corrected chi connectivity index (χ1v) is 11.2. The summed E-state index contributed by atoms with van der Waals surface area (Å²) >= 11 is 0. The minimum atomic E-state index is -0.122. The maximum absolute atomic E-state index is 13.6. The molecule has 1 aliphatic carbocycles. The molecule has 3 aromatic carbocycles. The van der Waals surface area contributed by atoms with Gasteiger partial charge in [-0.05, 0) is 37.5 Å². The summed E-state index contributed by atoms with van der Waals surface area (Å²) in [5.74, 6) is -0.230. The number of carbonyl (C=O) groups is 2. The molecule has 0 unspecified atom stereocenters. The van der Waals surface area contributed by atoms with Crippen LogP contribution in [0.2, 0.25) is 0 Å². The maximum atomic E-state index is 13.6. The normalized spacial score (nSPS) is 15.6. The van der Waals surface area contributed by atoms with E-state index in [0.717, 1.165) is 48.3 Å². The average Bonchev–Trinajstić information content (AvgIpc) is 2.87. The molecule has 1 saturated heterocycles. The Morgan fingerprint density at radius 1 is 0.688 bits per heavy atom. The van der Waals surface area contributed by atoms with Gasteiger partial charge in [-0.1, -0.05) is 54.6 Å². The van der Waals surface area contributed by atoms with Crippen LogP contribution in [0, 0.1) is 0 Å². The smallest absolute Gasteiger partial charge is 0.196 e. The lowest BCUT2D eigenvalue weighted by Gasteiger charge is -2.31. The topological polar surface area (TPSA) is 50.3 Å². The first-order valence-electron chi connectivity index (χ1n) is 11.2. The van der Waals surface area contributed by atoms with Crippen LogP contribution in [0.15, 0.2) is 72.8 Å². The van der Waals surface area contributed by atoms with Crippen molar-refractivity contribution >= 4 is 28.2 Å². The van der Waals surface area contributed by atoms with E-state index < -0.39 is 0 Å². The van der Waals surface area contributed by atoms with Crippen LogP contribution < -0.4 is 4.90 Å². The molecule has 1 fully saturated rings. The van der Waals surface area contributed by atoms with Gasteiger partial charge < -0.3 is 4.90 Å². The number of carbonyl (C=O) groups excluding carboxylic acids is 2. The van der Waals surface area contributed by atoms with E-state index in [9.17, 15) is 9.59 Å². The van der Waals surface area contributed by atoms with Gasteiger partial charge in [-0.25, -0.2) is 4.98 Å². The quantitative estimate of drug-likeness (QED) is 0.371. The molecule has 0 amide bonds. The summed E-state index contributed by atoms with van der Waals surface area (Å²) in [6, 6.07) is 23.0. The van der Waals surface area contributed by atoms with Gasteiger partial charge >= 0.3 is 0 Å². The summed E-state index contributed by atoms with van der Waals surface area (Å²) in [6.07, 6.45) is 3.55. The molecule has 4 heteroatoms. The van der Waals surface area contributed by atoms with E-state index in [1.54, 1.807) is 18.2 Å². The minimum absolute atomic E-state index is 0.108. The van der Waals surface area contributed by atoms with Crippen LogP contribution in [-0.4, -0.2) is 29.6 Å². The van der Waals surface area contributed by atoms with Crippen molar-refractivity contribution in [2.24, 2.45) is 0 Å². The van der Waals surface area contributed by atoms with Crippen molar-refractivity contribution < 1.29 is 9.59 Å². The third-order valence-corrected chi connectivity index (χ3v) is 6.61. The molecular weight excluding hydrogens is 396 g/mol. The van der Waals surface area contributed by atoms with Gasteiger partial charge in [0, 0.05) is 46.4 Å². The highest BCUT2D eigenvalue weighted by molar-refractivity contribution is 6.32. The van der Waals surface area contributed by atoms with Crippen molar-refractivity contribution in [1.29, 1.82) is 0 Å². The largest absolute Gasteiger partial charge is 0.371 e. The molecule has 1 aromatic heterocycles. The van der Waals surface area contributed by atoms with E-state index in [4.69, 9.17) is 4.98 Å². The number of piperidine rings is 1. The van der Waals surface area contributed by atoms with Crippen LogP contribution in [0.5, 0.6) is 0 Å². The number of fused-ring (bicyclic) bond motifs is 4. The fraction of sp³-hybridized carbons (Fsp3) is 0.179. The summed E-state index contributed by atoms with van der Waals surface area (Å²) in [6.45, 7) is 1.97. The Kier molecular flexibility index (Phi) is 4.39. The molecule has 6 rings (SSSR count). The van der Waals surface area contributed by atoms with Gasteiger partial charge in [-0.3, -0.25) is 9.59 Å². The summed E-state index contributed by atoms with van der Waals surface area (Å²) in [7, 11) is 0. The second kappa shape index (κ2) is 7.41. The highest BCUT2D eigenvalue weighted by atomic mass is 16.1.